The van der Waals surface area contributed by atoms with Crippen LogP contribution in [0.15, 0.2) is 48.5 Å². The monoisotopic (exact) mass is 340 g/mol. The van der Waals surface area contributed by atoms with Gasteiger partial charge in [0.2, 0.25) is 0 Å². The second-order valence-electron chi connectivity index (χ2n) is 5.72. The van der Waals surface area contributed by atoms with Crippen molar-refractivity contribution in [2.24, 2.45) is 0 Å². The Labute approximate surface area is 146 Å². The first-order valence-corrected chi connectivity index (χ1v) is 7.82. The van der Waals surface area contributed by atoms with Crippen LogP contribution < -0.4 is 10.6 Å². The Hall–Kier alpha value is -3.15. The van der Waals surface area contributed by atoms with Crippen LogP contribution in [-0.4, -0.2) is 24.9 Å². The number of esters is 1. The molecule has 2 rings (SSSR count). The summed E-state index contributed by atoms with van der Waals surface area (Å²) >= 11 is 0. The summed E-state index contributed by atoms with van der Waals surface area (Å²) in [4.78, 5) is 35.5. The highest BCUT2D eigenvalue weighted by molar-refractivity contribution is 6.43. The summed E-state index contributed by atoms with van der Waals surface area (Å²) in [5.74, 6) is -1.80. The summed E-state index contributed by atoms with van der Waals surface area (Å²) < 4.78 is 4.60. The molecule has 0 unspecified atom stereocenters. The molecule has 6 heteroatoms. The van der Waals surface area contributed by atoms with Crippen LogP contribution in [-0.2, 0) is 14.3 Å². The number of amides is 2. The third-order valence-corrected chi connectivity index (χ3v) is 3.60. The van der Waals surface area contributed by atoms with E-state index in [-0.39, 0.29) is 5.92 Å². The number of rotatable bonds is 4. The molecule has 130 valence electrons. The average molecular weight is 340 g/mol. The maximum atomic E-state index is 12.1. The van der Waals surface area contributed by atoms with Gasteiger partial charge >= 0.3 is 17.8 Å². The zero-order valence-electron chi connectivity index (χ0n) is 14.3. The van der Waals surface area contributed by atoms with Gasteiger partial charge in [0.25, 0.3) is 0 Å². The van der Waals surface area contributed by atoms with Gasteiger partial charge in [-0.2, -0.15) is 0 Å². The van der Waals surface area contributed by atoms with Crippen LogP contribution in [0.1, 0.15) is 35.7 Å². The fraction of sp³-hybridized carbons (Fsp3) is 0.211. The summed E-state index contributed by atoms with van der Waals surface area (Å²) in [5, 5.41) is 5.12. The minimum atomic E-state index is -0.788. The van der Waals surface area contributed by atoms with E-state index in [1.54, 1.807) is 12.1 Å². The molecule has 0 saturated heterocycles. The molecule has 0 fully saturated rings. The molecule has 0 saturated carbocycles. The van der Waals surface area contributed by atoms with Crippen molar-refractivity contribution in [3.63, 3.8) is 0 Å². The van der Waals surface area contributed by atoms with Crippen molar-refractivity contribution in [2.75, 3.05) is 17.7 Å². The molecule has 0 aromatic heterocycles. The zero-order chi connectivity index (χ0) is 18.4. The van der Waals surface area contributed by atoms with Crippen molar-refractivity contribution in [2.45, 2.75) is 19.8 Å². The van der Waals surface area contributed by atoms with Gasteiger partial charge < -0.3 is 15.4 Å². The Balaban J connectivity index is 2.04. The van der Waals surface area contributed by atoms with E-state index in [1.165, 1.54) is 31.4 Å². The topological polar surface area (TPSA) is 84.5 Å². The number of para-hydroxylation sites is 1. The number of hydrogen-bond acceptors (Lipinski definition) is 4. The van der Waals surface area contributed by atoms with E-state index in [1.807, 2.05) is 26.0 Å². The lowest BCUT2D eigenvalue weighted by Crippen LogP contribution is -2.29. The third kappa shape index (κ3) is 4.67. The van der Waals surface area contributed by atoms with Gasteiger partial charge in [-0.3, -0.25) is 9.59 Å². The Kier molecular flexibility index (Phi) is 5.89. The maximum Gasteiger partial charge on any atom is 0.337 e. The molecule has 0 bridgehead atoms. The molecule has 2 aromatic carbocycles. The summed E-state index contributed by atoms with van der Waals surface area (Å²) in [6, 6.07) is 13.4. The molecule has 6 nitrogen and oxygen atoms in total. The standard InChI is InChI=1S/C19H20N2O4/c1-12(2)15-6-4-5-7-16(15)21-18(23)17(22)20-14-10-8-13(9-11-14)19(24)25-3/h4-12H,1-3H3,(H,20,22)(H,21,23). The highest BCUT2D eigenvalue weighted by atomic mass is 16.5. The van der Waals surface area contributed by atoms with Gasteiger partial charge in [-0.15, -0.1) is 0 Å². The molecular formula is C19H20N2O4. The predicted molar refractivity (Wildman–Crippen MR) is 95.6 cm³/mol. The summed E-state index contributed by atoms with van der Waals surface area (Å²) in [5.41, 5.74) is 2.32. The van der Waals surface area contributed by atoms with E-state index < -0.39 is 17.8 Å². The van der Waals surface area contributed by atoms with Crippen molar-refractivity contribution in [1.29, 1.82) is 0 Å². The van der Waals surface area contributed by atoms with Gasteiger partial charge in [0.15, 0.2) is 0 Å². The second kappa shape index (κ2) is 8.10. The van der Waals surface area contributed by atoms with Crippen LogP contribution in [0.2, 0.25) is 0 Å². The van der Waals surface area contributed by atoms with Gasteiger partial charge in [-0.1, -0.05) is 32.0 Å². The third-order valence-electron chi connectivity index (χ3n) is 3.60. The molecule has 0 aliphatic rings. The highest BCUT2D eigenvalue weighted by Gasteiger charge is 2.16. The normalized spacial score (nSPS) is 10.2. The largest absolute Gasteiger partial charge is 0.465 e. The number of ether oxygens (including phenoxy) is 1. The van der Waals surface area contributed by atoms with E-state index >= 15 is 0 Å². The highest BCUT2D eigenvalue weighted by Crippen LogP contribution is 2.23. The van der Waals surface area contributed by atoms with Gasteiger partial charge in [0.05, 0.1) is 12.7 Å². The molecule has 2 N–H and O–H groups in total. The molecule has 0 heterocycles. The van der Waals surface area contributed by atoms with Crippen LogP contribution in [0.4, 0.5) is 11.4 Å². The van der Waals surface area contributed by atoms with Crippen molar-refractivity contribution in [3.8, 4) is 0 Å². The fourth-order valence-corrected chi connectivity index (χ4v) is 2.29. The zero-order valence-corrected chi connectivity index (χ0v) is 14.3. The number of benzene rings is 2. The molecule has 2 amide bonds. The van der Waals surface area contributed by atoms with Crippen LogP contribution in [0.5, 0.6) is 0 Å². The van der Waals surface area contributed by atoms with E-state index in [9.17, 15) is 14.4 Å². The molecule has 25 heavy (non-hydrogen) atoms. The summed E-state index contributed by atoms with van der Waals surface area (Å²) in [7, 11) is 1.29. The summed E-state index contributed by atoms with van der Waals surface area (Å²) in [6.07, 6.45) is 0. The Morgan fingerprint density at radius 1 is 0.880 bits per heavy atom. The number of anilines is 2. The lowest BCUT2D eigenvalue weighted by atomic mass is 10.0. The van der Waals surface area contributed by atoms with Crippen molar-refractivity contribution >= 4 is 29.2 Å². The van der Waals surface area contributed by atoms with Gasteiger partial charge in [-0.25, -0.2) is 4.79 Å². The Morgan fingerprint density at radius 3 is 2.08 bits per heavy atom. The smallest absolute Gasteiger partial charge is 0.337 e. The number of hydrogen-bond donors (Lipinski definition) is 2. The first-order valence-electron chi connectivity index (χ1n) is 7.82. The van der Waals surface area contributed by atoms with Crippen LogP contribution >= 0.6 is 0 Å². The fourth-order valence-electron chi connectivity index (χ4n) is 2.29. The Morgan fingerprint density at radius 2 is 1.48 bits per heavy atom. The SMILES string of the molecule is COC(=O)c1ccc(NC(=O)C(=O)Nc2ccccc2C(C)C)cc1. The van der Waals surface area contributed by atoms with E-state index in [0.717, 1.165) is 5.56 Å². The van der Waals surface area contributed by atoms with Crippen LogP contribution in [0.3, 0.4) is 0 Å². The molecule has 0 aliphatic carbocycles. The van der Waals surface area contributed by atoms with Crippen LogP contribution in [0, 0.1) is 0 Å². The number of carbonyl (C=O) groups is 3. The van der Waals surface area contributed by atoms with E-state index in [4.69, 9.17) is 0 Å². The maximum absolute atomic E-state index is 12.1. The second-order valence-corrected chi connectivity index (χ2v) is 5.72. The quantitative estimate of drug-likeness (QED) is 0.661. The molecule has 0 radical (unpaired) electrons. The summed E-state index contributed by atoms with van der Waals surface area (Å²) in [6.45, 7) is 4.02. The molecule has 2 aromatic rings. The van der Waals surface area contributed by atoms with E-state index in [0.29, 0.717) is 16.9 Å². The van der Waals surface area contributed by atoms with Crippen LogP contribution in [0.25, 0.3) is 0 Å². The number of carbonyl (C=O) groups excluding carboxylic acids is 3. The van der Waals surface area contributed by atoms with Crippen molar-refractivity contribution in [3.05, 3.63) is 59.7 Å². The first-order chi connectivity index (χ1) is 11.9. The lowest BCUT2D eigenvalue weighted by molar-refractivity contribution is -0.133. The Bertz CT molecular complexity index is 782. The van der Waals surface area contributed by atoms with Crippen molar-refractivity contribution < 1.29 is 19.1 Å². The number of methoxy groups -OCH3 is 1. The molecular weight excluding hydrogens is 320 g/mol. The molecule has 0 atom stereocenters. The lowest BCUT2D eigenvalue weighted by Gasteiger charge is -2.13. The predicted octanol–water partition coefficient (Wildman–Crippen LogP) is 3.17. The first kappa shape index (κ1) is 18.2. The van der Waals surface area contributed by atoms with Gasteiger partial charge in [0, 0.05) is 11.4 Å². The molecule has 0 aliphatic heterocycles. The average Bonchev–Trinajstić information content (AvgIpc) is 2.61. The minimum Gasteiger partial charge on any atom is -0.465 e. The van der Waals surface area contributed by atoms with Crippen molar-refractivity contribution in [1.82, 2.24) is 0 Å². The minimum absolute atomic E-state index is 0.213. The molecule has 0 spiro atoms. The van der Waals surface area contributed by atoms with Gasteiger partial charge in [-0.05, 0) is 41.8 Å². The number of nitrogens with one attached hydrogen (secondary N) is 2. The van der Waals surface area contributed by atoms with E-state index in [2.05, 4.69) is 15.4 Å². The van der Waals surface area contributed by atoms with Gasteiger partial charge in [0.1, 0.15) is 0 Å².